The Bertz CT molecular complexity index is 598. The lowest BCUT2D eigenvalue weighted by atomic mass is 9.71. The first-order chi connectivity index (χ1) is 13.9. The highest BCUT2D eigenvalue weighted by Crippen LogP contribution is 2.41. The normalized spacial score (nSPS) is 35.9. The molecule has 2 nitrogen and oxygen atoms in total. The van der Waals surface area contributed by atoms with Crippen LogP contribution >= 0.6 is 12.6 Å². The van der Waals surface area contributed by atoms with Crippen molar-refractivity contribution in [1.82, 2.24) is 0 Å². The summed E-state index contributed by atoms with van der Waals surface area (Å²) in [6, 6.07) is 0. The van der Waals surface area contributed by atoms with E-state index in [9.17, 15) is 4.79 Å². The van der Waals surface area contributed by atoms with Crippen LogP contribution in [0.5, 0.6) is 0 Å². The summed E-state index contributed by atoms with van der Waals surface area (Å²) in [5.41, 5.74) is 1.14. The monoisotopic (exact) mass is 416 g/mol. The van der Waals surface area contributed by atoms with Crippen molar-refractivity contribution in [1.29, 1.82) is 0 Å². The Balaban J connectivity index is 1.38. The van der Waals surface area contributed by atoms with E-state index in [-0.39, 0.29) is 11.9 Å². The molecule has 0 spiro atoms. The molecule has 3 fully saturated rings. The first-order valence-corrected chi connectivity index (χ1v) is 12.4. The number of rotatable bonds is 6. The Morgan fingerprint density at radius 2 is 1.31 bits per heavy atom. The molecule has 0 aromatic carbocycles. The van der Waals surface area contributed by atoms with E-state index in [4.69, 9.17) is 4.74 Å². The summed E-state index contributed by atoms with van der Waals surface area (Å²) in [6.07, 6.45) is 18.3. The zero-order valence-electron chi connectivity index (χ0n) is 18.3. The molecule has 0 heterocycles. The van der Waals surface area contributed by atoms with Crippen LogP contribution in [0.3, 0.4) is 0 Å². The van der Waals surface area contributed by atoms with E-state index in [1.807, 2.05) is 12.2 Å². The molecule has 0 N–H and O–H groups in total. The Morgan fingerprint density at radius 1 is 0.793 bits per heavy atom. The largest absolute Gasteiger partial charge is 0.427 e. The van der Waals surface area contributed by atoms with Crippen LogP contribution < -0.4 is 0 Å². The number of ether oxygens (including phenoxy) is 1. The Morgan fingerprint density at radius 3 is 1.90 bits per heavy atom. The molecule has 0 aromatic rings. The molecule has 0 bridgehead atoms. The summed E-state index contributed by atoms with van der Waals surface area (Å²) < 4.78 is 5.57. The van der Waals surface area contributed by atoms with Crippen molar-refractivity contribution in [2.45, 2.75) is 89.2 Å². The average Bonchev–Trinajstić information content (AvgIpc) is 2.73. The van der Waals surface area contributed by atoms with Crippen LogP contribution in [-0.4, -0.2) is 11.2 Å². The fourth-order valence-corrected chi connectivity index (χ4v) is 5.91. The minimum atomic E-state index is -0.0886. The molecule has 3 rings (SSSR count). The van der Waals surface area contributed by atoms with Crippen molar-refractivity contribution in [3.05, 3.63) is 36.6 Å². The van der Waals surface area contributed by atoms with Gasteiger partial charge in [-0.25, -0.2) is 0 Å². The van der Waals surface area contributed by atoms with Crippen LogP contribution in [0.1, 0.15) is 84.0 Å². The Hall–Kier alpha value is -0.960. The van der Waals surface area contributed by atoms with Crippen LogP contribution in [0, 0.1) is 29.6 Å². The molecular formula is C26H40O2S. The first kappa shape index (κ1) is 22.7. The minimum absolute atomic E-state index is 0.0423. The van der Waals surface area contributed by atoms with Crippen LogP contribution in [0.25, 0.3) is 0 Å². The van der Waals surface area contributed by atoms with Gasteiger partial charge < -0.3 is 4.74 Å². The van der Waals surface area contributed by atoms with Gasteiger partial charge in [-0.3, -0.25) is 4.79 Å². The molecule has 3 heteroatoms. The Kier molecular flexibility index (Phi) is 8.53. The first-order valence-electron chi connectivity index (χ1n) is 11.9. The van der Waals surface area contributed by atoms with Gasteiger partial charge in [-0.05, 0) is 94.0 Å². The summed E-state index contributed by atoms with van der Waals surface area (Å²) in [7, 11) is 0. The molecule has 162 valence electrons. The van der Waals surface area contributed by atoms with Crippen molar-refractivity contribution >= 4 is 18.6 Å². The van der Waals surface area contributed by atoms with Gasteiger partial charge in [0.25, 0.3) is 0 Å². The predicted molar refractivity (Wildman–Crippen MR) is 125 cm³/mol. The van der Waals surface area contributed by atoms with Crippen molar-refractivity contribution in [3.63, 3.8) is 0 Å². The van der Waals surface area contributed by atoms with Gasteiger partial charge in [-0.15, -0.1) is 0 Å². The molecule has 0 aromatic heterocycles. The third kappa shape index (κ3) is 6.77. The molecule has 0 radical (unpaired) electrons. The second kappa shape index (κ2) is 10.9. The van der Waals surface area contributed by atoms with E-state index >= 15 is 0 Å². The predicted octanol–water partition coefficient (Wildman–Crippen LogP) is 7.28. The Labute approximate surface area is 183 Å². The molecule has 29 heavy (non-hydrogen) atoms. The average molecular weight is 417 g/mol. The quantitative estimate of drug-likeness (QED) is 0.213. The number of hydrogen-bond donors (Lipinski definition) is 1. The van der Waals surface area contributed by atoms with Crippen molar-refractivity contribution in [2.75, 3.05) is 0 Å². The van der Waals surface area contributed by atoms with Crippen LogP contribution in [0.4, 0.5) is 0 Å². The number of carbonyl (C=O) groups is 1. The van der Waals surface area contributed by atoms with Gasteiger partial charge >= 0.3 is 5.97 Å². The zero-order valence-corrected chi connectivity index (χ0v) is 19.2. The van der Waals surface area contributed by atoms with E-state index in [0.29, 0.717) is 16.9 Å². The van der Waals surface area contributed by atoms with Gasteiger partial charge in [0.1, 0.15) is 5.76 Å². The molecule has 3 aliphatic carbocycles. The maximum absolute atomic E-state index is 12.6. The molecule has 0 atom stereocenters. The highest BCUT2D eigenvalue weighted by molar-refractivity contribution is 7.80. The molecule has 0 aliphatic heterocycles. The molecule has 3 aliphatic rings. The van der Waals surface area contributed by atoms with E-state index in [2.05, 4.69) is 32.7 Å². The standard InChI is InChI=1S/C26H40O2S/c1-18-4-8-21(9-5-18)19(2)6-7-20(3)28-26(27)24-12-10-22(11-13-24)23-14-16-25(29)17-15-23/h6-7,18,21-25,29H,2-5,8-17H2,1H3/b7-6-. The summed E-state index contributed by atoms with van der Waals surface area (Å²) >= 11 is 4.62. The number of carbonyl (C=O) groups excluding carboxylic acids is 1. The minimum Gasteiger partial charge on any atom is -0.427 e. The van der Waals surface area contributed by atoms with Crippen molar-refractivity contribution in [2.24, 2.45) is 29.6 Å². The molecule has 0 unspecified atom stereocenters. The summed E-state index contributed by atoms with van der Waals surface area (Å²) in [5, 5.41) is 0.606. The molecular weight excluding hydrogens is 376 g/mol. The van der Waals surface area contributed by atoms with Gasteiger partial charge in [0, 0.05) is 5.25 Å². The molecule has 0 amide bonds. The number of thiol groups is 1. The fraction of sp³-hybridized carbons (Fsp3) is 0.731. The van der Waals surface area contributed by atoms with E-state index in [1.165, 1.54) is 64.2 Å². The highest BCUT2D eigenvalue weighted by atomic mass is 32.1. The lowest BCUT2D eigenvalue weighted by Gasteiger charge is -2.36. The lowest BCUT2D eigenvalue weighted by Crippen LogP contribution is -2.29. The SMILES string of the molecule is C=C(/C=C\C(=C)C1CCC(C)CC1)OC(=O)C1CCC(C2CCC(S)CC2)CC1. The van der Waals surface area contributed by atoms with Crippen LogP contribution in [0.2, 0.25) is 0 Å². The molecule has 0 saturated heterocycles. The maximum Gasteiger partial charge on any atom is 0.314 e. The summed E-state index contributed by atoms with van der Waals surface area (Å²) in [6.45, 7) is 10.5. The van der Waals surface area contributed by atoms with E-state index < -0.39 is 0 Å². The topological polar surface area (TPSA) is 26.3 Å². The molecule has 3 saturated carbocycles. The summed E-state index contributed by atoms with van der Waals surface area (Å²) in [4.78, 5) is 12.6. The lowest BCUT2D eigenvalue weighted by molar-refractivity contribution is -0.145. The van der Waals surface area contributed by atoms with Crippen LogP contribution in [-0.2, 0) is 9.53 Å². The smallest absolute Gasteiger partial charge is 0.314 e. The van der Waals surface area contributed by atoms with Crippen molar-refractivity contribution in [3.8, 4) is 0 Å². The maximum atomic E-state index is 12.6. The number of allylic oxidation sites excluding steroid dienone is 3. The second-order valence-corrected chi connectivity index (χ2v) is 10.7. The van der Waals surface area contributed by atoms with Gasteiger partial charge in [-0.1, -0.05) is 44.6 Å². The third-order valence-electron chi connectivity index (χ3n) is 7.77. The number of esters is 1. The van der Waals surface area contributed by atoms with Gasteiger partial charge in [0.2, 0.25) is 0 Å². The summed E-state index contributed by atoms with van der Waals surface area (Å²) in [5.74, 6) is 3.46. The van der Waals surface area contributed by atoms with E-state index in [1.54, 1.807) is 0 Å². The fourth-order valence-electron chi connectivity index (χ4n) is 5.61. The van der Waals surface area contributed by atoms with Crippen LogP contribution in [0.15, 0.2) is 36.6 Å². The third-order valence-corrected chi connectivity index (χ3v) is 8.28. The zero-order chi connectivity index (χ0) is 20.8. The second-order valence-electron chi connectivity index (χ2n) is 9.93. The van der Waals surface area contributed by atoms with Crippen molar-refractivity contribution < 1.29 is 9.53 Å². The van der Waals surface area contributed by atoms with Gasteiger partial charge in [0.15, 0.2) is 0 Å². The highest BCUT2D eigenvalue weighted by Gasteiger charge is 2.33. The van der Waals surface area contributed by atoms with Gasteiger partial charge in [0.05, 0.1) is 5.92 Å². The van der Waals surface area contributed by atoms with Gasteiger partial charge in [-0.2, -0.15) is 12.6 Å². The number of hydrogen-bond acceptors (Lipinski definition) is 3. The van der Waals surface area contributed by atoms with E-state index in [0.717, 1.165) is 36.2 Å².